The van der Waals surface area contributed by atoms with Crippen LogP contribution in [0.2, 0.25) is 0 Å². The molecule has 0 fully saturated rings. The lowest BCUT2D eigenvalue weighted by atomic mass is 10.2. The van der Waals surface area contributed by atoms with Crippen LogP contribution in [0.4, 0.5) is 0 Å². The lowest BCUT2D eigenvalue weighted by molar-refractivity contribution is 0.00268. The quantitative estimate of drug-likeness (QED) is 0.500. The maximum atomic E-state index is 5.77. The van der Waals surface area contributed by atoms with Crippen molar-refractivity contribution in [1.82, 2.24) is 0 Å². The molecule has 0 aromatic carbocycles. The van der Waals surface area contributed by atoms with E-state index in [0.717, 1.165) is 18.4 Å². The van der Waals surface area contributed by atoms with E-state index >= 15 is 0 Å². The van der Waals surface area contributed by atoms with Gasteiger partial charge in [-0.1, -0.05) is 35.7 Å². The van der Waals surface area contributed by atoms with Crippen LogP contribution in [-0.4, -0.2) is 23.4 Å². The Morgan fingerprint density at radius 3 is 2.50 bits per heavy atom. The average Bonchev–Trinajstić information content (AvgIpc) is 2.12. The highest BCUT2D eigenvalue weighted by Gasteiger charge is 2.21. The largest absolute Gasteiger partial charge is 0.373 e. The highest BCUT2D eigenvalue weighted by Crippen LogP contribution is 2.16. The molecule has 1 unspecified atom stereocenters. The molecule has 0 aliphatic carbocycles. The molecule has 1 nitrogen and oxygen atoms in total. The standard InChI is InChI=1S/C9H18BrClO/c1-3-4-5-6-12-9(2,7-10)8-11/h3-8H2,1-2H3. The third-order valence-electron chi connectivity index (χ3n) is 1.76. The van der Waals surface area contributed by atoms with E-state index in [2.05, 4.69) is 22.9 Å². The van der Waals surface area contributed by atoms with E-state index in [9.17, 15) is 0 Å². The molecule has 1 atom stereocenters. The van der Waals surface area contributed by atoms with Gasteiger partial charge < -0.3 is 4.74 Å². The highest BCUT2D eigenvalue weighted by atomic mass is 79.9. The van der Waals surface area contributed by atoms with Crippen LogP contribution in [0.3, 0.4) is 0 Å². The van der Waals surface area contributed by atoms with Crippen molar-refractivity contribution in [1.29, 1.82) is 0 Å². The first-order valence-electron chi connectivity index (χ1n) is 4.44. The molecule has 0 amide bonds. The van der Waals surface area contributed by atoms with Crippen LogP contribution in [0.15, 0.2) is 0 Å². The van der Waals surface area contributed by atoms with E-state index in [1.807, 2.05) is 6.92 Å². The SMILES string of the molecule is CCCCCOC(C)(CCl)CBr. The molecule has 0 radical (unpaired) electrons. The van der Waals surface area contributed by atoms with Crippen molar-refractivity contribution in [2.75, 3.05) is 17.8 Å². The first kappa shape index (κ1) is 12.7. The molecule has 0 saturated heterocycles. The normalized spacial score (nSPS) is 16.0. The van der Waals surface area contributed by atoms with Crippen LogP contribution in [0.1, 0.15) is 33.1 Å². The van der Waals surface area contributed by atoms with Gasteiger partial charge >= 0.3 is 0 Å². The summed E-state index contributed by atoms with van der Waals surface area (Å²) >= 11 is 9.16. The highest BCUT2D eigenvalue weighted by molar-refractivity contribution is 9.09. The van der Waals surface area contributed by atoms with Gasteiger partial charge in [-0.15, -0.1) is 11.6 Å². The zero-order valence-electron chi connectivity index (χ0n) is 7.91. The summed E-state index contributed by atoms with van der Waals surface area (Å²) in [7, 11) is 0. The van der Waals surface area contributed by atoms with Gasteiger partial charge in [-0.3, -0.25) is 0 Å². The number of rotatable bonds is 7. The first-order valence-corrected chi connectivity index (χ1v) is 6.10. The predicted octanol–water partition coefficient (Wildman–Crippen LogP) is 3.59. The molecule has 0 aromatic rings. The van der Waals surface area contributed by atoms with E-state index in [0.29, 0.717) is 5.88 Å². The summed E-state index contributed by atoms with van der Waals surface area (Å²) in [5.74, 6) is 0.546. The molecule has 0 aliphatic heterocycles. The van der Waals surface area contributed by atoms with Crippen molar-refractivity contribution in [3.8, 4) is 0 Å². The Morgan fingerprint density at radius 2 is 2.08 bits per heavy atom. The second kappa shape index (κ2) is 7.16. The molecule has 0 heterocycles. The minimum absolute atomic E-state index is 0.185. The lowest BCUT2D eigenvalue weighted by Crippen LogP contribution is -2.33. The lowest BCUT2D eigenvalue weighted by Gasteiger charge is -2.25. The van der Waals surface area contributed by atoms with Crippen LogP contribution in [0.5, 0.6) is 0 Å². The molecule has 74 valence electrons. The number of hydrogen-bond acceptors (Lipinski definition) is 1. The van der Waals surface area contributed by atoms with E-state index < -0.39 is 0 Å². The van der Waals surface area contributed by atoms with Crippen molar-refractivity contribution in [3.05, 3.63) is 0 Å². The maximum absolute atomic E-state index is 5.77. The second-order valence-electron chi connectivity index (χ2n) is 3.27. The van der Waals surface area contributed by atoms with Gasteiger partial charge in [0.1, 0.15) is 0 Å². The Hall–Kier alpha value is 0.730. The van der Waals surface area contributed by atoms with Gasteiger partial charge in [0, 0.05) is 11.9 Å². The predicted molar refractivity (Wildman–Crippen MR) is 58.4 cm³/mol. The Bertz CT molecular complexity index is 105. The molecule has 0 rings (SSSR count). The number of unbranched alkanes of at least 4 members (excludes halogenated alkanes) is 2. The van der Waals surface area contributed by atoms with Crippen molar-refractivity contribution in [2.24, 2.45) is 0 Å². The van der Waals surface area contributed by atoms with E-state index in [4.69, 9.17) is 16.3 Å². The summed E-state index contributed by atoms with van der Waals surface area (Å²) in [5.41, 5.74) is -0.185. The van der Waals surface area contributed by atoms with Crippen LogP contribution < -0.4 is 0 Å². The van der Waals surface area contributed by atoms with E-state index in [1.165, 1.54) is 12.8 Å². The maximum Gasteiger partial charge on any atom is 0.0885 e. The van der Waals surface area contributed by atoms with Crippen molar-refractivity contribution < 1.29 is 4.74 Å². The Kier molecular flexibility index (Phi) is 7.60. The molecule has 0 bridgehead atoms. The second-order valence-corrected chi connectivity index (χ2v) is 4.10. The van der Waals surface area contributed by atoms with Gasteiger partial charge in [0.15, 0.2) is 0 Å². The third kappa shape index (κ3) is 5.39. The number of halogens is 2. The number of ether oxygens (including phenoxy) is 1. The third-order valence-corrected chi connectivity index (χ3v) is 3.52. The minimum Gasteiger partial charge on any atom is -0.373 e. The fourth-order valence-electron chi connectivity index (χ4n) is 0.783. The van der Waals surface area contributed by atoms with Gasteiger partial charge in [0.2, 0.25) is 0 Å². The molecule has 0 aliphatic rings. The first-order chi connectivity index (χ1) is 5.68. The summed E-state index contributed by atoms with van der Waals surface area (Å²) in [6.07, 6.45) is 3.60. The summed E-state index contributed by atoms with van der Waals surface area (Å²) in [5, 5.41) is 0.801. The van der Waals surface area contributed by atoms with Gasteiger partial charge in [0.25, 0.3) is 0 Å². The zero-order valence-corrected chi connectivity index (χ0v) is 10.2. The Labute approximate surface area is 88.9 Å². The molecule has 0 N–H and O–H groups in total. The van der Waals surface area contributed by atoms with Crippen LogP contribution in [-0.2, 0) is 4.74 Å². The van der Waals surface area contributed by atoms with Gasteiger partial charge in [0.05, 0.1) is 11.5 Å². The fourth-order valence-corrected chi connectivity index (χ4v) is 1.54. The van der Waals surface area contributed by atoms with E-state index in [-0.39, 0.29) is 5.60 Å². The van der Waals surface area contributed by atoms with Crippen molar-refractivity contribution in [3.63, 3.8) is 0 Å². The van der Waals surface area contributed by atoms with Gasteiger partial charge in [-0.05, 0) is 13.3 Å². The van der Waals surface area contributed by atoms with Crippen LogP contribution in [0.25, 0.3) is 0 Å². The van der Waals surface area contributed by atoms with Crippen LogP contribution in [0, 0.1) is 0 Å². The summed E-state index contributed by atoms with van der Waals surface area (Å²) in [6.45, 7) is 5.04. The smallest absolute Gasteiger partial charge is 0.0885 e. The summed E-state index contributed by atoms with van der Waals surface area (Å²) < 4.78 is 5.65. The molecule has 0 aromatic heterocycles. The Morgan fingerprint density at radius 1 is 1.42 bits per heavy atom. The minimum atomic E-state index is -0.185. The molecular weight excluding hydrogens is 239 g/mol. The van der Waals surface area contributed by atoms with Crippen molar-refractivity contribution in [2.45, 2.75) is 38.7 Å². The average molecular weight is 258 g/mol. The Balaban J connectivity index is 3.45. The molecule has 12 heavy (non-hydrogen) atoms. The topological polar surface area (TPSA) is 9.23 Å². The molecular formula is C9H18BrClO. The fraction of sp³-hybridized carbons (Fsp3) is 1.00. The van der Waals surface area contributed by atoms with Gasteiger partial charge in [-0.25, -0.2) is 0 Å². The number of alkyl halides is 2. The molecule has 0 spiro atoms. The monoisotopic (exact) mass is 256 g/mol. The number of hydrogen-bond donors (Lipinski definition) is 0. The van der Waals surface area contributed by atoms with E-state index in [1.54, 1.807) is 0 Å². The molecule has 0 saturated carbocycles. The van der Waals surface area contributed by atoms with Crippen molar-refractivity contribution >= 4 is 27.5 Å². The summed E-state index contributed by atoms with van der Waals surface area (Å²) in [4.78, 5) is 0. The van der Waals surface area contributed by atoms with Gasteiger partial charge in [-0.2, -0.15) is 0 Å². The van der Waals surface area contributed by atoms with Crippen LogP contribution >= 0.6 is 27.5 Å². The zero-order chi connectivity index (χ0) is 9.45. The summed E-state index contributed by atoms with van der Waals surface area (Å²) in [6, 6.07) is 0. The molecule has 3 heteroatoms.